The molecule has 0 bridgehead atoms. The van der Waals surface area contributed by atoms with Gasteiger partial charge in [0.2, 0.25) is 0 Å². The number of carbonyl (C=O) groups excluding carboxylic acids is 1. The Bertz CT molecular complexity index is 596. The molecule has 18 heavy (non-hydrogen) atoms. The number of rotatable bonds is 3. The van der Waals surface area contributed by atoms with E-state index in [1.165, 1.54) is 6.20 Å². The summed E-state index contributed by atoms with van der Waals surface area (Å²) in [5, 5.41) is 0. The Morgan fingerprint density at radius 3 is 2.78 bits per heavy atom. The maximum atomic E-state index is 13.4. The topological polar surface area (TPSA) is 30.0 Å². The normalized spacial score (nSPS) is 10.4. The zero-order valence-electron chi connectivity index (χ0n) is 9.78. The van der Waals surface area contributed by atoms with Crippen LogP contribution in [0.4, 0.5) is 8.78 Å². The van der Waals surface area contributed by atoms with Crippen LogP contribution >= 0.6 is 0 Å². The molecule has 0 aliphatic rings. The molecule has 0 aliphatic carbocycles. The third-order valence-corrected chi connectivity index (χ3v) is 2.63. The second kappa shape index (κ2) is 5.04. The van der Waals surface area contributed by atoms with E-state index in [9.17, 15) is 13.6 Å². The Labute approximate surface area is 103 Å². The molecular weight excluding hydrogens is 236 g/mol. The number of carbonyl (C=O) groups is 1. The van der Waals surface area contributed by atoms with E-state index in [-0.39, 0.29) is 17.8 Å². The fourth-order valence-electron chi connectivity index (χ4n) is 1.71. The van der Waals surface area contributed by atoms with Gasteiger partial charge in [0.05, 0.1) is 0 Å². The molecule has 0 unspecified atom stereocenters. The molecule has 0 aliphatic heterocycles. The summed E-state index contributed by atoms with van der Waals surface area (Å²) in [7, 11) is 0. The van der Waals surface area contributed by atoms with E-state index in [1.807, 2.05) is 0 Å². The number of nitrogens with zero attached hydrogens (tertiary/aromatic N) is 1. The first-order valence-electron chi connectivity index (χ1n) is 5.46. The molecule has 0 saturated heterocycles. The second-order valence-corrected chi connectivity index (χ2v) is 4.00. The van der Waals surface area contributed by atoms with Crippen molar-refractivity contribution in [3.05, 3.63) is 65.0 Å². The molecule has 0 radical (unpaired) electrons. The molecule has 2 aromatic rings. The number of aromatic nitrogens is 1. The van der Waals surface area contributed by atoms with Crippen molar-refractivity contribution < 1.29 is 13.6 Å². The molecule has 4 heteroatoms. The second-order valence-electron chi connectivity index (χ2n) is 4.00. The Morgan fingerprint density at radius 1 is 1.28 bits per heavy atom. The number of halogens is 2. The number of hydrogen-bond donors (Lipinski definition) is 0. The van der Waals surface area contributed by atoms with Crippen molar-refractivity contribution in [2.45, 2.75) is 13.3 Å². The summed E-state index contributed by atoms with van der Waals surface area (Å²) in [5.74, 6) is -1.46. The van der Waals surface area contributed by atoms with Gasteiger partial charge in [-0.2, -0.15) is 0 Å². The van der Waals surface area contributed by atoms with Gasteiger partial charge in [-0.3, -0.25) is 9.78 Å². The third-order valence-electron chi connectivity index (χ3n) is 2.63. The fourth-order valence-corrected chi connectivity index (χ4v) is 1.71. The molecule has 1 aromatic carbocycles. The van der Waals surface area contributed by atoms with Crippen LogP contribution in [0.25, 0.3) is 0 Å². The summed E-state index contributed by atoms with van der Waals surface area (Å²) in [5.41, 5.74) is 1.06. The first-order chi connectivity index (χ1) is 8.58. The Hall–Kier alpha value is -2.10. The van der Waals surface area contributed by atoms with E-state index in [4.69, 9.17) is 0 Å². The molecule has 0 fully saturated rings. The molecule has 0 N–H and O–H groups in total. The number of ketones is 1. The predicted molar refractivity (Wildman–Crippen MR) is 63.4 cm³/mol. The number of benzene rings is 1. The fraction of sp³-hybridized carbons (Fsp3) is 0.143. The first-order valence-corrected chi connectivity index (χ1v) is 5.46. The van der Waals surface area contributed by atoms with Gasteiger partial charge in [0.15, 0.2) is 5.78 Å². The minimum Gasteiger partial charge on any atom is -0.292 e. The molecule has 0 spiro atoms. The number of aryl methyl sites for hydroxylation is 1. The molecule has 2 rings (SSSR count). The van der Waals surface area contributed by atoms with Gasteiger partial charge in [-0.05, 0) is 42.3 Å². The smallest absolute Gasteiger partial charge is 0.185 e. The highest BCUT2D eigenvalue weighted by Gasteiger charge is 2.14. The average molecular weight is 247 g/mol. The highest BCUT2D eigenvalue weighted by Crippen LogP contribution is 2.14. The third kappa shape index (κ3) is 2.59. The average Bonchev–Trinajstić information content (AvgIpc) is 2.34. The summed E-state index contributed by atoms with van der Waals surface area (Å²) < 4.78 is 26.4. The maximum Gasteiger partial charge on any atom is 0.185 e. The molecule has 0 saturated carbocycles. The van der Waals surface area contributed by atoms with E-state index in [2.05, 4.69) is 4.98 Å². The molecule has 1 aromatic heterocycles. The van der Waals surface area contributed by atoms with E-state index < -0.39 is 11.6 Å². The lowest BCUT2D eigenvalue weighted by Gasteiger charge is -2.05. The van der Waals surface area contributed by atoms with Crippen LogP contribution in [0.15, 0.2) is 36.5 Å². The largest absolute Gasteiger partial charge is 0.292 e. The maximum absolute atomic E-state index is 13.4. The van der Waals surface area contributed by atoms with Gasteiger partial charge < -0.3 is 0 Å². The van der Waals surface area contributed by atoms with Crippen LogP contribution in [0.5, 0.6) is 0 Å². The molecule has 1 heterocycles. The van der Waals surface area contributed by atoms with Gasteiger partial charge >= 0.3 is 0 Å². The summed E-state index contributed by atoms with van der Waals surface area (Å²) in [6.07, 6.45) is 1.31. The SMILES string of the molecule is Cc1cccnc1C(=O)Cc1cc(F)ccc1F. The number of hydrogen-bond acceptors (Lipinski definition) is 2. The van der Waals surface area contributed by atoms with Crippen molar-refractivity contribution >= 4 is 5.78 Å². The van der Waals surface area contributed by atoms with E-state index in [0.29, 0.717) is 5.69 Å². The lowest BCUT2D eigenvalue weighted by Crippen LogP contribution is -2.09. The van der Waals surface area contributed by atoms with Gasteiger partial charge in [-0.15, -0.1) is 0 Å². The Morgan fingerprint density at radius 2 is 2.06 bits per heavy atom. The van der Waals surface area contributed by atoms with Gasteiger partial charge in [0.25, 0.3) is 0 Å². The van der Waals surface area contributed by atoms with Gasteiger partial charge in [-0.25, -0.2) is 8.78 Å². The quantitative estimate of drug-likeness (QED) is 0.780. The van der Waals surface area contributed by atoms with E-state index in [1.54, 1.807) is 19.1 Å². The molecule has 0 amide bonds. The van der Waals surface area contributed by atoms with Crippen LogP contribution in [0, 0.1) is 18.6 Å². The Balaban J connectivity index is 2.27. The van der Waals surface area contributed by atoms with Gasteiger partial charge in [0, 0.05) is 12.6 Å². The summed E-state index contributed by atoms with van der Waals surface area (Å²) in [4.78, 5) is 15.9. The first kappa shape index (κ1) is 12.4. The minimum atomic E-state index is -0.585. The molecular formula is C14H11F2NO. The Kier molecular flexibility index (Phi) is 3.46. The van der Waals surface area contributed by atoms with Crippen molar-refractivity contribution in [2.75, 3.05) is 0 Å². The predicted octanol–water partition coefficient (Wildman–Crippen LogP) is 3.09. The highest BCUT2D eigenvalue weighted by atomic mass is 19.1. The lowest BCUT2D eigenvalue weighted by molar-refractivity contribution is 0.0986. The monoisotopic (exact) mass is 247 g/mol. The van der Waals surface area contributed by atoms with E-state index >= 15 is 0 Å². The van der Waals surface area contributed by atoms with Crippen molar-refractivity contribution in [3.63, 3.8) is 0 Å². The van der Waals surface area contributed by atoms with Crippen LogP contribution in [0.2, 0.25) is 0 Å². The summed E-state index contributed by atoms with van der Waals surface area (Å²) in [6, 6.07) is 6.54. The molecule has 0 atom stereocenters. The van der Waals surface area contributed by atoms with Crippen LogP contribution in [-0.4, -0.2) is 10.8 Å². The summed E-state index contributed by atoms with van der Waals surface area (Å²) >= 11 is 0. The van der Waals surface area contributed by atoms with Gasteiger partial charge in [-0.1, -0.05) is 6.07 Å². The minimum absolute atomic E-state index is 0.0463. The van der Waals surface area contributed by atoms with Crippen molar-refractivity contribution in [1.29, 1.82) is 0 Å². The van der Waals surface area contributed by atoms with Crippen molar-refractivity contribution in [2.24, 2.45) is 0 Å². The lowest BCUT2D eigenvalue weighted by atomic mass is 10.0. The van der Waals surface area contributed by atoms with Crippen LogP contribution < -0.4 is 0 Å². The molecule has 92 valence electrons. The van der Waals surface area contributed by atoms with E-state index in [0.717, 1.165) is 23.8 Å². The summed E-state index contributed by atoms with van der Waals surface area (Å²) in [6.45, 7) is 1.75. The molecule has 2 nitrogen and oxygen atoms in total. The van der Waals surface area contributed by atoms with Gasteiger partial charge in [0.1, 0.15) is 17.3 Å². The van der Waals surface area contributed by atoms with Crippen LogP contribution in [0.1, 0.15) is 21.6 Å². The van der Waals surface area contributed by atoms with Crippen molar-refractivity contribution in [3.8, 4) is 0 Å². The zero-order chi connectivity index (χ0) is 13.1. The van der Waals surface area contributed by atoms with Crippen LogP contribution in [0.3, 0.4) is 0 Å². The van der Waals surface area contributed by atoms with Crippen molar-refractivity contribution in [1.82, 2.24) is 4.98 Å². The zero-order valence-corrected chi connectivity index (χ0v) is 9.78. The number of Topliss-reactive ketones (excluding diaryl/α,β-unsaturated/α-hetero) is 1. The number of pyridine rings is 1. The highest BCUT2D eigenvalue weighted by molar-refractivity contribution is 5.96. The van der Waals surface area contributed by atoms with Crippen LogP contribution in [-0.2, 0) is 6.42 Å². The standard InChI is InChI=1S/C14H11F2NO/c1-9-3-2-6-17-14(9)13(18)8-10-7-11(15)4-5-12(10)16/h2-7H,8H2,1H3.